The third-order valence-electron chi connectivity index (χ3n) is 3.66. The first-order valence-electron chi connectivity index (χ1n) is 7.20. The predicted molar refractivity (Wildman–Crippen MR) is 77.5 cm³/mol. The molecule has 1 amide bonds. The van der Waals surface area contributed by atoms with E-state index in [1.54, 1.807) is 0 Å². The quantitative estimate of drug-likeness (QED) is 0.842. The maximum absolute atomic E-state index is 12.6. The first-order valence-corrected chi connectivity index (χ1v) is 7.20. The van der Waals surface area contributed by atoms with Crippen LogP contribution in [0.25, 0.3) is 0 Å². The van der Waals surface area contributed by atoms with Crippen molar-refractivity contribution in [3.63, 3.8) is 0 Å². The number of hydrogen-bond acceptors (Lipinski definition) is 5. The van der Waals surface area contributed by atoms with E-state index in [0.717, 1.165) is 50.5 Å². The second-order valence-corrected chi connectivity index (χ2v) is 5.12. The molecule has 1 aromatic heterocycles. The molecule has 1 aromatic rings. The molecule has 0 radical (unpaired) electrons. The molecule has 0 bridgehead atoms. The Morgan fingerprint density at radius 2 is 2.00 bits per heavy atom. The van der Waals surface area contributed by atoms with Crippen molar-refractivity contribution < 1.29 is 4.79 Å². The number of carbonyl (C=O) groups is 1. The van der Waals surface area contributed by atoms with Gasteiger partial charge in [0.05, 0.1) is 17.0 Å². The molecule has 2 rings (SSSR count). The van der Waals surface area contributed by atoms with E-state index in [4.69, 9.17) is 5.73 Å². The summed E-state index contributed by atoms with van der Waals surface area (Å²) in [5.41, 5.74) is 7.83. The van der Waals surface area contributed by atoms with Gasteiger partial charge < -0.3 is 10.6 Å². The number of aromatic nitrogens is 2. The molecule has 2 heterocycles. The highest BCUT2D eigenvalue weighted by molar-refractivity contribution is 5.95. The van der Waals surface area contributed by atoms with E-state index in [1.807, 2.05) is 24.8 Å². The van der Waals surface area contributed by atoms with Gasteiger partial charge >= 0.3 is 0 Å². The Morgan fingerprint density at radius 3 is 2.60 bits per heavy atom. The van der Waals surface area contributed by atoms with Crippen LogP contribution in [0.15, 0.2) is 6.07 Å². The number of nitrogens with two attached hydrogens (primary N) is 1. The monoisotopic (exact) mass is 277 g/mol. The van der Waals surface area contributed by atoms with Gasteiger partial charge in [0.15, 0.2) is 0 Å². The highest BCUT2D eigenvalue weighted by Crippen LogP contribution is 2.13. The Bertz CT molecular complexity index is 469. The first-order chi connectivity index (χ1) is 9.65. The molecule has 1 aliphatic heterocycles. The molecular formula is C14H23N5O. The number of carbonyl (C=O) groups excluding carboxylic acids is 1. The maximum Gasteiger partial charge on any atom is 0.255 e. The minimum Gasteiger partial charge on any atom is -0.336 e. The Balaban J connectivity index is 2.07. The van der Waals surface area contributed by atoms with Crippen molar-refractivity contribution >= 4 is 5.91 Å². The first kappa shape index (κ1) is 14.9. The SMILES string of the molecule is CCc1nnc(C)cc1C(=O)N1CCN(CCN)CC1. The van der Waals surface area contributed by atoms with Gasteiger partial charge in [-0.15, -0.1) is 0 Å². The van der Waals surface area contributed by atoms with E-state index in [-0.39, 0.29) is 5.91 Å². The van der Waals surface area contributed by atoms with E-state index in [2.05, 4.69) is 15.1 Å². The fourth-order valence-electron chi connectivity index (χ4n) is 2.49. The highest BCUT2D eigenvalue weighted by atomic mass is 16.2. The largest absolute Gasteiger partial charge is 0.336 e. The Kier molecular flexibility index (Phi) is 5.03. The van der Waals surface area contributed by atoms with Gasteiger partial charge in [-0.05, 0) is 19.4 Å². The molecule has 0 aliphatic carbocycles. The molecule has 0 unspecified atom stereocenters. The van der Waals surface area contributed by atoms with Gasteiger partial charge in [-0.1, -0.05) is 6.92 Å². The van der Waals surface area contributed by atoms with Crippen molar-refractivity contribution in [2.24, 2.45) is 5.73 Å². The topological polar surface area (TPSA) is 75.4 Å². The summed E-state index contributed by atoms with van der Waals surface area (Å²) in [5, 5.41) is 8.16. The van der Waals surface area contributed by atoms with Crippen LogP contribution < -0.4 is 5.73 Å². The molecule has 2 N–H and O–H groups in total. The summed E-state index contributed by atoms with van der Waals surface area (Å²) in [4.78, 5) is 16.8. The van der Waals surface area contributed by atoms with E-state index in [1.165, 1.54) is 0 Å². The highest BCUT2D eigenvalue weighted by Gasteiger charge is 2.23. The maximum atomic E-state index is 12.6. The normalized spacial score (nSPS) is 16.4. The summed E-state index contributed by atoms with van der Waals surface area (Å²) in [6.07, 6.45) is 0.724. The Labute approximate surface area is 120 Å². The van der Waals surface area contributed by atoms with Crippen LogP contribution >= 0.6 is 0 Å². The van der Waals surface area contributed by atoms with E-state index >= 15 is 0 Å². The van der Waals surface area contributed by atoms with Crippen molar-refractivity contribution in [3.05, 3.63) is 23.0 Å². The molecule has 0 spiro atoms. The van der Waals surface area contributed by atoms with Crippen LogP contribution in [0.2, 0.25) is 0 Å². The van der Waals surface area contributed by atoms with Gasteiger partial charge in [0.25, 0.3) is 5.91 Å². The standard InChI is InChI=1S/C14H23N5O/c1-3-13-12(10-11(2)16-17-13)14(20)19-8-6-18(5-4-15)7-9-19/h10H,3-9,15H2,1-2H3. The zero-order valence-corrected chi connectivity index (χ0v) is 12.3. The molecule has 1 fully saturated rings. The van der Waals surface area contributed by atoms with Crippen LogP contribution in [-0.2, 0) is 6.42 Å². The van der Waals surface area contributed by atoms with Crippen LogP contribution in [0.3, 0.4) is 0 Å². The van der Waals surface area contributed by atoms with Gasteiger partial charge in [-0.25, -0.2) is 0 Å². The average molecular weight is 277 g/mol. The summed E-state index contributed by atoms with van der Waals surface area (Å²) in [5.74, 6) is 0.0762. The molecular weight excluding hydrogens is 254 g/mol. The number of amides is 1. The van der Waals surface area contributed by atoms with Crippen molar-refractivity contribution in [1.82, 2.24) is 20.0 Å². The van der Waals surface area contributed by atoms with Gasteiger partial charge in [-0.3, -0.25) is 9.69 Å². The predicted octanol–water partition coefficient (Wildman–Crippen LogP) is 0.0639. The zero-order chi connectivity index (χ0) is 14.5. The van der Waals surface area contributed by atoms with E-state index in [9.17, 15) is 4.79 Å². The zero-order valence-electron chi connectivity index (χ0n) is 12.3. The van der Waals surface area contributed by atoms with Crippen LogP contribution in [0, 0.1) is 6.92 Å². The second kappa shape index (κ2) is 6.76. The molecule has 110 valence electrons. The number of piperazine rings is 1. The van der Waals surface area contributed by atoms with Gasteiger partial charge in [-0.2, -0.15) is 10.2 Å². The van der Waals surface area contributed by atoms with Crippen molar-refractivity contribution in [2.75, 3.05) is 39.3 Å². The summed E-state index contributed by atoms with van der Waals surface area (Å²) >= 11 is 0. The van der Waals surface area contributed by atoms with Crippen molar-refractivity contribution in [1.29, 1.82) is 0 Å². The molecule has 6 nitrogen and oxygen atoms in total. The van der Waals surface area contributed by atoms with Crippen LogP contribution in [0.1, 0.15) is 28.7 Å². The number of nitrogens with zero attached hydrogens (tertiary/aromatic N) is 4. The molecule has 0 atom stereocenters. The van der Waals surface area contributed by atoms with Crippen molar-refractivity contribution in [3.8, 4) is 0 Å². The fraction of sp³-hybridized carbons (Fsp3) is 0.643. The van der Waals surface area contributed by atoms with Gasteiger partial charge in [0.1, 0.15) is 0 Å². The lowest BCUT2D eigenvalue weighted by Crippen LogP contribution is -2.49. The van der Waals surface area contributed by atoms with Crippen LogP contribution in [0.4, 0.5) is 0 Å². The molecule has 6 heteroatoms. The molecule has 1 aliphatic rings. The lowest BCUT2D eigenvalue weighted by atomic mass is 10.1. The lowest BCUT2D eigenvalue weighted by Gasteiger charge is -2.34. The Hall–Kier alpha value is -1.53. The molecule has 20 heavy (non-hydrogen) atoms. The van der Waals surface area contributed by atoms with Gasteiger partial charge in [0, 0.05) is 39.3 Å². The van der Waals surface area contributed by atoms with Crippen LogP contribution in [0.5, 0.6) is 0 Å². The van der Waals surface area contributed by atoms with Crippen molar-refractivity contribution in [2.45, 2.75) is 20.3 Å². The van der Waals surface area contributed by atoms with E-state index in [0.29, 0.717) is 12.1 Å². The Morgan fingerprint density at radius 1 is 1.30 bits per heavy atom. The summed E-state index contributed by atoms with van der Waals surface area (Å²) < 4.78 is 0. The fourth-order valence-corrected chi connectivity index (χ4v) is 2.49. The summed E-state index contributed by atoms with van der Waals surface area (Å²) in [6, 6.07) is 1.85. The van der Waals surface area contributed by atoms with Crippen LogP contribution in [-0.4, -0.2) is 65.2 Å². The third-order valence-corrected chi connectivity index (χ3v) is 3.66. The number of rotatable bonds is 4. The van der Waals surface area contributed by atoms with E-state index < -0.39 is 0 Å². The number of hydrogen-bond donors (Lipinski definition) is 1. The molecule has 0 saturated carbocycles. The average Bonchev–Trinajstić information content (AvgIpc) is 2.47. The second-order valence-electron chi connectivity index (χ2n) is 5.12. The minimum atomic E-state index is 0.0762. The minimum absolute atomic E-state index is 0.0762. The summed E-state index contributed by atoms with van der Waals surface area (Å²) in [7, 11) is 0. The number of aryl methyl sites for hydroxylation is 2. The summed E-state index contributed by atoms with van der Waals surface area (Å²) in [6.45, 7) is 8.72. The molecule has 0 aromatic carbocycles. The molecule has 1 saturated heterocycles. The smallest absolute Gasteiger partial charge is 0.255 e. The van der Waals surface area contributed by atoms with Gasteiger partial charge in [0.2, 0.25) is 0 Å². The third kappa shape index (κ3) is 3.32. The lowest BCUT2D eigenvalue weighted by molar-refractivity contribution is 0.0639.